The summed E-state index contributed by atoms with van der Waals surface area (Å²) in [6.07, 6.45) is -4.63. The van der Waals surface area contributed by atoms with Gasteiger partial charge in [0.2, 0.25) is 0 Å². The van der Waals surface area contributed by atoms with E-state index < -0.39 is 23.7 Å². The fourth-order valence-electron chi connectivity index (χ4n) is 1.95. The molecule has 8 heteroatoms. The number of aliphatic carboxylic acids is 1. The van der Waals surface area contributed by atoms with Crippen LogP contribution in [-0.4, -0.2) is 17.1 Å². The second kappa shape index (κ2) is 7.03. The Balaban J connectivity index is 1.99. The molecule has 0 spiro atoms. The monoisotopic (exact) mass is 338 g/mol. The Labute approximate surface area is 135 Å². The van der Waals surface area contributed by atoms with Crippen LogP contribution in [-0.2, 0) is 17.4 Å². The molecule has 5 nitrogen and oxygen atoms in total. The van der Waals surface area contributed by atoms with Crippen molar-refractivity contribution in [2.24, 2.45) is 0 Å². The lowest BCUT2D eigenvalue weighted by atomic mass is 10.1. The second-order valence-corrected chi connectivity index (χ2v) is 4.93. The van der Waals surface area contributed by atoms with Gasteiger partial charge in [0, 0.05) is 11.4 Å². The molecule has 0 aliphatic rings. The van der Waals surface area contributed by atoms with E-state index in [4.69, 9.17) is 5.11 Å². The predicted molar refractivity (Wildman–Crippen MR) is 81.9 cm³/mol. The number of benzene rings is 2. The van der Waals surface area contributed by atoms with E-state index in [-0.39, 0.29) is 12.1 Å². The maximum atomic E-state index is 12.6. The fourth-order valence-corrected chi connectivity index (χ4v) is 1.95. The summed E-state index contributed by atoms with van der Waals surface area (Å²) in [6, 6.07) is 9.64. The number of carboxylic acids is 1. The van der Waals surface area contributed by atoms with Crippen molar-refractivity contribution < 1.29 is 27.9 Å². The van der Waals surface area contributed by atoms with Gasteiger partial charge in [0.05, 0.1) is 12.0 Å². The highest BCUT2D eigenvalue weighted by Crippen LogP contribution is 2.30. The molecule has 2 rings (SSSR count). The molecule has 0 atom stereocenters. The zero-order chi connectivity index (χ0) is 17.7. The second-order valence-electron chi connectivity index (χ2n) is 4.93. The number of halogens is 3. The largest absolute Gasteiger partial charge is 0.481 e. The van der Waals surface area contributed by atoms with E-state index in [9.17, 15) is 22.8 Å². The number of carbonyl (C=O) groups excluding carboxylic acids is 1. The number of carboxylic acid groups (broad SMARTS) is 1. The Hall–Kier alpha value is -3.03. The third-order valence-corrected chi connectivity index (χ3v) is 3.01. The first kappa shape index (κ1) is 17.3. The van der Waals surface area contributed by atoms with E-state index in [0.29, 0.717) is 11.3 Å². The number of nitrogens with one attached hydrogen (secondary N) is 2. The van der Waals surface area contributed by atoms with Crippen molar-refractivity contribution in [2.45, 2.75) is 12.6 Å². The molecule has 0 saturated carbocycles. The van der Waals surface area contributed by atoms with Gasteiger partial charge < -0.3 is 15.7 Å². The van der Waals surface area contributed by atoms with Crippen LogP contribution in [0.15, 0.2) is 48.5 Å². The summed E-state index contributed by atoms with van der Waals surface area (Å²) in [5, 5.41) is 13.4. The molecule has 2 amide bonds. The maximum Gasteiger partial charge on any atom is 0.416 e. The normalized spacial score (nSPS) is 11.0. The first-order chi connectivity index (χ1) is 11.2. The van der Waals surface area contributed by atoms with Crippen LogP contribution in [0.5, 0.6) is 0 Å². The summed E-state index contributed by atoms with van der Waals surface area (Å²) in [7, 11) is 0. The molecule has 126 valence electrons. The molecule has 24 heavy (non-hydrogen) atoms. The zero-order valence-electron chi connectivity index (χ0n) is 12.2. The number of carbonyl (C=O) groups is 2. The van der Waals surface area contributed by atoms with Gasteiger partial charge in [0.1, 0.15) is 0 Å². The minimum absolute atomic E-state index is 0.00447. The highest BCUT2D eigenvalue weighted by molar-refractivity contribution is 5.99. The van der Waals surface area contributed by atoms with Gasteiger partial charge in [-0.2, -0.15) is 13.2 Å². The summed E-state index contributed by atoms with van der Waals surface area (Å²) < 4.78 is 37.8. The molecule has 0 bridgehead atoms. The molecule has 0 heterocycles. The number of urea groups is 1. The highest BCUT2D eigenvalue weighted by Gasteiger charge is 2.30. The fraction of sp³-hybridized carbons (Fsp3) is 0.125. The maximum absolute atomic E-state index is 12.6. The smallest absolute Gasteiger partial charge is 0.416 e. The van der Waals surface area contributed by atoms with Crippen molar-refractivity contribution in [1.82, 2.24) is 0 Å². The Morgan fingerprint density at radius 3 is 2.17 bits per heavy atom. The molecule has 0 radical (unpaired) electrons. The quantitative estimate of drug-likeness (QED) is 0.789. The number of amides is 2. The van der Waals surface area contributed by atoms with E-state index in [0.717, 1.165) is 12.1 Å². The topological polar surface area (TPSA) is 78.4 Å². The van der Waals surface area contributed by atoms with Crippen LogP contribution in [0.4, 0.5) is 29.3 Å². The highest BCUT2D eigenvalue weighted by atomic mass is 19.4. The van der Waals surface area contributed by atoms with Crippen LogP contribution in [0.25, 0.3) is 0 Å². The SMILES string of the molecule is O=C(O)Cc1ccc(NC(=O)Nc2cccc(C(F)(F)F)c2)cc1. The first-order valence-electron chi connectivity index (χ1n) is 6.80. The lowest BCUT2D eigenvalue weighted by molar-refractivity contribution is -0.138. The molecular formula is C16H13F3N2O3. The third kappa shape index (κ3) is 5.01. The van der Waals surface area contributed by atoms with E-state index in [1.54, 1.807) is 0 Å². The number of alkyl halides is 3. The van der Waals surface area contributed by atoms with Crippen LogP contribution >= 0.6 is 0 Å². The number of rotatable bonds is 4. The number of anilines is 2. The Kier molecular flexibility index (Phi) is 5.08. The molecule has 0 aromatic heterocycles. The molecule has 0 aliphatic heterocycles. The average Bonchev–Trinajstić information content (AvgIpc) is 2.48. The van der Waals surface area contributed by atoms with Gasteiger partial charge in [-0.25, -0.2) is 4.79 Å². The minimum Gasteiger partial charge on any atom is -0.481 e. The zero-order valence-corrected chi connectivity index (χ0v) is 12.2. The summed E-state index contributed by atoms with van der Waals surface area (Å²) in [5.41, 5.74) is 0.0862. The molecule has 2 aromatic carbocycles. The first-order valence-corrected chi connectivity index (χ1v) is 6.80. The lowest BCUT2D eigenvalue weighted by Gasteiger charge is -2.11. The van der Waals surface area contributed by atoms with Gasteiger partial charge >= 0.3 is 18.2 Å². The Bertz CT molecular complexity index is 743. The molecule has 0 aliphatic carbocycles. The van der Waals surface area contributed by atoms with Crippen molar-refractivity contribution in [2.75, 3.05) is 10.6 Å². The molecule has 2 aromatic rings. The molecular weight excluding hydrogens is 325 g/mol. The van der Waals surface area contributed by atoms with Gasteiger partial charge in [-0.05, 0) is 35.9 Å². The van der Waals surface area contributed by atoms with Gasteiger partial charge in [0.25, 0.3) is 0 Å². The van der Waals surface area contributed by atoms with Crippen LogP contribution in [0.1, 0.15) is 11.1 Å². The summed E-state index contributed by atoms with van der Waals surface area (Å²) in [4.78, 5) is 22.4. The van der Waals surface area contributed by atoms with E-state index in [1.807, 2.05) is 0 Å². The van der Waals surface area contributed by atoms with Gasteiger partial charge in [-0.1, -0.05) is 18.2 Å². The van der Waals surface area contributed by atoms with E-state index in [2.05, 4.69) is 10.6 Å². The van der Waals surface area contributed by atoms with E-state index >= 15 is 0 Å². The van der Waals surface area contributed by atoms with Gasteiger partial charge in [0.15, 0.2) is 0 Å². The van der Waals surface area contributed by atoms with Gasteiger partial charge in [-0.3, -0.25) is 4.79 Å². The Morgan fingerprint density at radius 1 is 0.958 bits per heavy atom. The minimum atomic E-state index is -4.49. The van der Waals surface area contributed by atoms with Crippen molar-refractivity contribution in [3.8, 4) is 0 Å². The third-order valence-electron chi connectivity index (χ3n) is 3.01. The van der Waals surface area contributed by atoms with Crippen molar-refractivity contribution in [1.29, 1.82) is 0 Å². The Morgan fingerprint density at radius 2 is 1.58 bits per heavy atom. The summed E-state index contributed by atoms with van der Waals surface area (Å²) in [6.45, 7) is 0. The number of hydrogen-bond acceptors (Lipinski definition) is 2. The molecule has 0 saturated heterocycles. The molecule has 3 N–H and O–H groups in total. The van der Waals surface area contributed by atoms with E-state index in [1.165, 1.54) is 36.4 Å². The summed E-state index contributed by atoms with van der Waals surface area (Å²) in [5.74, 6) is -0.974. The van der Waals surface area contributed by atoms with Crippen LogP contribution < -0.4 is 10.6 Å². The molecule has 0 fully saturated rings. The van der Waals surface area contributed by atoms with Crippen molar-refractivity contribution >= 4 is 23.4 Å². The van der Waals surface area contributed by atoms with Crippen LogP contribution in [0.2, 0.25) is 0 Å². The predicted octanol–water partition coefficient (Wildman–Crippen LogP) is 3.98. The average molecular weight is 338 g/mol. The number of hydrogen-bond donors (Lipinski definition) is 3. The van der Waals surface area contributed by atoms with Crippen molar-refractivity contribution in [3.63, 3.8) is 0 Å². The van der Waals surface area contributed by atoms with Crippen LogP contribution in [0, 0.1) is 0 Å². The van der Waals surface area contributed by atoms with Crippen molar-refractivity contribution in [3.05, 3.63) is 59.7 Å². The standard InChI is InChI=1S/C16H13F3N2O3/c17-16(18,19)11-2-1-3-13(9-11)21-15(24)20-12-6-4-10(5-7-12)8-14(22)23/h1-7,9H,8H2,(H,22,23)(H2,20,21,24). The lowest BCUT2D eigenvalue weighted by Crippen LogP contribution is -2.19. The van der Waals surface area contributed by atoms with Crippen LogP contribution in [0.3, 0.4) is 0 Å². The van der Waals surface area contributed by atoms with Gasteiger partial charge in [-0.15, -0.1) is 0 Å². The summed E-state index contributed by atoms with van der Waals surface area (Å²) >= 11 is 0. The molecule has 0 unspecified atom stereocenters.